The lowest BCUT2D eigenvalue weighted by molar-refractivity contribution is -0.151. The Balaban J connectivity index is 1.67. The van der Waals surface area contributed by atoms with Gasteiger partial charge in [0.15, 0.2) is 0 Å². The largest absolute Gasteiger partial charge is 0.472 e. The van der Waals surface area contributed by atoms with E-state index < -0.39 is 12.0 Å². The zero-order valence-corrected chi connectivity index (χ0v) is 18.2. The molecule has 2 heterocycles. The Kier molecular flexibility index (Phi) is 9.99. The van der Waals surface area contributed by atoms with Gasteiger partial charge in [-0.25, -0.2) is 0 Å². The molecule has 29 heavy (non-hydrogen) atoms. The third kappa shape index (κ3) is 8.86. The lowest BCUT2D eigenvalue weighted by atomic mass is 9.96. The molecule has 0 amide bonds. The van der Waals surface area contributed by atoms with Crippen LogP contribution in [0.5, 0.6) is 0 Å². The van der Waals surface area contributed by atoms with Crippen LogP contribution in [0.25, 0.3) is 0 Å². The molecule has 0 spiro atoms. The molecule has 0 aliphatic carbocycles. The summed E-state index contributed by atoms with van der Waals surface area (Å²) in [6.45, 7) is 6.47. The van der Waals surface area contributed by atoms with E-state index in [0.717, 1.165) is 50.5 Å². The van der Waals surface area contributed by atoms with Crippen LogP contribution in [0.2, 0.25) is 0 Å². The number of furan rings is 1. The van der Waals surface area contributed by atoms with Crippen molar-refractivity contribution >= 4 is 5.97 Å². The lowest BCUT2D eigenvalue weighted by Gasteiger charge is -2.22. The summed E-state index contributed by atoms with van der Waals surface area (Å²) in [6, 6.07) is 2.02. The minimum atomic E-state index is -0.608. The number of cyclic esters (lactones) is 1. The smallest absolute Gasteiger partial charge is 0.311 e. The summed E-state index contributed by atoms with van der Waals surface area (Å²) in [6.07, 6.45) is 17.4. The van der Waals surface area contributed by atoms with Gasteiger partial charge in [0.1, 0.15) is 6.61 Å². The van der Waals surface area contributed by atoms with Crippen LogP contribution < -0.4 is 0 Å². The lowest BCUT2D eigenvalue weighted by Crippen LogP contribution is -2.30. The molecule has 1 aromatic heterocycles. The molecule has 2 unspecified atom stereocenters. The van der Waals surface area contributed by atoms with Crippen LogP contribution in [0, 0.1) is 5.92 Å². The fraction of sp³-hybridized carbons (Fsp3) is 0.560. The van der Waals surface area contributed by atoms with Crippen LogP contribution in [0.15, 0.2) is 58.0 Å². The fourth-order valence-electron chi connectivity index (χ4n) is 3.44. The van der Waals surface area contributed by atoms with E-state index in [-0.39, 0.29) is 5.97 Å². The minimum Gasteiger partial charge on any atom is -0.472 e. The monoisotopic (exact) mass is 400 g/mol. The number of carbonyl (C=O) groups excluding carboxylic acids is 1. The normalized spacial score (nSPS) is 23.0. The molecule has 1 aromatic rings. The quantitative estimate of drug-likeness (QED) is 0.412. The van der Waals surface area contributed by atoms with Gasteiger partial charge in [0, 0.05) is 0 Å². The number of allylic oxidation sites excluding steroid dienone is 5. The Morgan fingerprint density at radius 1 is 1.17 bits per heavy atom. The maximum atomic E-state index is 11.8. The number of aryl methyl sites for hydroxylation is 1. The maximum absolute atomic E-state index is 11.8. The maximum Gasteiger partial charge on any atom is 0.311 e. The van der Waals surface area contributed by atoms with Crippen LogP contribution in [0.4, 0.5) is 0 Å². The van der Waals surface area contributed by atoms with Crippen LogP contribution in [0.3, 0.4) is 0 Å². The summed E-state index contributed by atoms with van der Waals surface area (Å²) in [7, 11) is 0. The molecule has 0 radical (unpaired) electrons. The number of hydrogen-bond acceptors (Lipinski definition) is 4. The molecule has 0 bridgehead atoms. The van der Waals surface area contributed by atoms with Crippen molar-refractivity contribution in [2.75, 3.05) is 6.61 Å². The van der Waals surface area contributed by atoms with E-state index in [9.17, 15) is 9.90 Å². The molecule has 1 aliphatic rings. The van der Waals surface area contributed by atoms with E-state index in [0.29, 0.717) is 13.0 Å². The van der Waals surface area contributed by atoms with Gasteiger partial charge in [-0.1, -0.05) is 29.4 Å². The summed E-state index contributed by atoms with van der Waals surface area (Å²) in [5.41, 5.74) is 5.20. The molecule has 4 heteroatoms. The van der Waals surface area contributed by atoms with Gasteiger partial charge in [0.05, 0.1) is 24.5 Å². The highest BCUT2D eigenvalue weighted by atomic mass is 16.5. The Morgan fingerprint density at radius 2 is 1.90 bits per heavy atom. The Morgan fingerprint density at radius 3 is 2.62 bits per heavy atom. The molecule has 1 N–H and O–H groups in total. The second-order valence-corrected chi connectivity index (χ2v) is 8.21. The van der Waals surface area contributed by atoms with E-state index in [4.69, 9.17) is 9.15 Å². The van der Waals surface area contributed by atoms with Crippen molar-refractivity contribution in [3.05, 3.63) is 59.1 Å². The third-order valence-electron chi connectivity index (χ3n) is 5.62. The fourth-order valence-corrected chi connectivity index (χ4v) is 3.44. The Labute approximate surface area is 175 Å². The van der Waals surface area contributed by atoms with Crippen LogP contribution >= 0.6 is 0 Å². The van der Waals surface area contributed by atoms with Crippen LogP contribution in [0.1, 0.15) is 71.3 Å². The van der Waals surface area contributed by atoms with Gasteiger partial charge in [-0.2, -0.15) is 0 Å². The first-order chi connectivity index (χ1) is 14.0. The summed E-state index contributed by atoms with van der Waals surface area (Å²) < 4.78 is 10.4. The van der Waals surface area contributed by atoms with Gasteiger partial charge >= 0.3 is 5.97 Å². The van der Waals surface area contributed by atoms with Gasteiger partial charge in [-0.15, -0.1) is 0 Å². The molecule has 160 valence electrons. The highest BCUT2D eigenvalue weighted by Crippen LogP contribution is 2.20. The van der Waals surface area contributed by atoms with Gasteiger partial charge in [-0.3, -0.25) is 4.79 Å². The third-order valence-corrected chi connectivity index (χ3v) is 5.62. The highest BCUT2D eigenvalue weighted by Gasteiger charge is 2.25. The van der Waals surface area contributed by atoms with Crippen molar-refractivity contribution in [1.82, 2.24) is 0 Å². The first kappa shape index (κ1) is 23.2. The summed E-state index contributed by atoms with van der Waals surface area (Å²) >= 11 is 0. The number of carbonyl (C=O) groups is 1. The predicted molar refractivity (Wildman–Crippen MR) is 116 cm³/mol. The SMILES string of the molecule is C/C(=C\CC/C(C)=C/CCc1ccoc1)CC/C=C1/CCC(O)C(C)C(=O)OC1. The topological polar surface area (TPSA) is 59.7 Å². The summed E-state index contributed by atoms with van der Waals surface area (Å²) in [4.78, 5) is 11.8. The molecule has 2 atom stereocenters. The zero-order valence-electron chi connectivity index (χ0n) is 18.2. The number of rotatable bonds is 9. The van der Waals surface area contributed by atoms with Crippen molar-refractivity contribution in [2.24, 2.45) is 5.92 Å². The first-order valence-electron chi connectivity index (χ1n) is 10.8. The average Bonchev–Trinajstić information content (AvgIpc) is 3.21. The van der Waals surface area contributed by atoms with Crippen molar-refractivity contribution < 1.29 is 19.1 Å². The van der Waals surface area contributed by atoms with E-state index in [1.54, 1.807) is 13.2 Å². The summed E-state index contributed by atoms with van der Waals surface area (Å²) in [5.74, 6) is -0.725. The average molecular weight is 401 g/mol. The molecular weight excluding hydrogens is 364 g/mol. The van der Waals surface area contributed by atoms with E-state index in [2.05, 4.69) is 32.1 Å². The van der Waals surface area contributed by atoms with Crippen LogP contribution in [-0.2, 0) is 16.0 Å². The Bertz CT molecular complexity index is 709. The van der Waals surface area contributed by atoms with Crippen molar-refractivity contribution in [3.8, 4) is 0 Å². The molecule has 0 saturated carbocycles. The van der Waals surface area contributed by atoms with Crippen molar-refractivity contribution in [3.63, 3.8) is 0 Å². The second-order valence-electron chi connectivity index (χ2n) is 8.21. The number of aliphatic hydroxyl groups is 1. The van der Waals surface area contributed by atoms with Gasteiger partial charge in [0.2, 0.25) is 0 Å². The molecule has 1 aliphatic heterocycles. The van der Waals surface area contributed by atoms with Crippen LogP contribution in [-0.4, -0.2) is 23.8 Å². The molecule has 1 fully saturated rings. The summed E-state index contributed by atoms with van der Waals surface area (Å²) in [5, 5.41) is 9.98. The minimum absolute atomic E-state index is 0.299. The number of aliphatic hydroxyl groups excluding tert-OH is 1. The number of ether oxygens (including phenoxy) is 1. The highest BCUT2D eigenvalue weighted by molar-refractivity contribution is 5.73. The van der Waals surface area contributed by atoms with Crippen molar-refractivity contribution in [2.45, 2.75) is 78.2 Å². The molecule has 4 nitrogen and oxygen atoms in total. The van der Waals surface area contributed by atoms with Crippen molar-refractivity contribution in [1.29, 1.82) is 0 Å². The van der Waals surface area contributed by atoms with Gasteiger partial charge < -0.3 is 14.3 Å². The zero-order chi connectivity index (χ0) is 21.1. The second kappa shape index (κ2) is 12.5. The standard InChI is InChI=1S/C25H36O4/c1-19(7-4-8-20(2)10-6-12-23-15-16-28-17-23)9-5-11-22-13-14-24(26)21(3)25(27)29-18-22/h7,10-11,15-17,21,24,26H,4-6,8-9,12-14,18H2,1-3H3/b19-7+,20-10+,22-11-. The number of hydrogen-bond donors (Lipinski definition) is 1. The first-order valence-corrected chi connectivity index (χ1v) is 10.8. The van der Waals surface area contributed by atoms with E-state index in [1.165, 1.54) is 16.7 Å². The van der Waals surface area contributed by atoms with E-state index >= 15 is 0 Å². The van der Waals surface area contributed by atoms with Gasteiger partial charge in [-0.05, 0) is 89.3 Å². The van der Waals surface area contributed by atoms with E-state index in [1.807, 2.05) is 12.3 Å². The molecule has 0 aromatic carbocycles. The number of esters is 1. The molecular formula is C25H36O4. The predicted octanol–water partition coefficient (Wildman–Crippen LogP) is 5.93. The Hall–Kier alpha value is -2.07. The molecule has 2 rings (SSSR count). The van der Waals surface area contributed by atoms with Gasteiger partial charge in [0.25, 0.3) is 0 Å². The molecule has 1 saturated heterocycles.